The Balaban J connectivity index is 2.65. The third kappa shape index (κ3) is 4.20. The number of rotatable bonds is 6. The summed E-state index contributed by atoms with van der Waals surface area (Å²) in [6.07, 6.45) is 0.669. The average molecular weight is 272 g/mol. The Kier molecular flexibility index (Phi) is 5.95. The fourth-order valence-corrected chi connectivity index (χ4v) is 1.74. The molecule has 100 valence electrons. The third-order valence-corrected chi connectivity index (χ3v) is 3.02. The molecule has 0 aliphatic heterocycles. The number of aromatic hydroxyl groups is 1. The molecular formula is C13H18ClNO3. The lowest BCUT2D eigenvalue weighted by Gasteiger charge is -2.15. The molecule has 18 heavy (non-hydrogen) atoms. The van der Waals surface area contributed by atoms with Crippen molar-refractivity contribution in [3.63, 3.8) is 0 Å². The fourth-order valence-electron chi connectivity index (χ4n) is 1.51. The van der Waals surface area contributed by atoms with E-state index in [1.807, 2.05) is 0 Å². The predicted octanol–water partition coefficient (Wildman–Crippen LogP) is 2.07. The quantitative estimate of drug-likeness (QED) is 0.779. The third-order valence-electron chi connectivity index (χ3n) is 2.65. The van der Waals surface area contributed by atoms with E-state index in [1.165, 1.54) is 6.07 Å². The Labute approximate surface area is 112 Å². The summed E-state index contributed by atoms with van der Waals surface area (Å²) in [7, 11) is 1.61. The zero-order valence-electron chi connectivity index (χ0n) is 10.6. The molecule has 0 saturated carbocycles. The molecule has 1 amide bonds. The van der Waals surface area contributed by atoms with Crippen molar-refractivity contribution in [2.45, 2.75) is 19.4 Å². The molecule has 0 aliphatic rings. The Morgan fingerprint density at radius 2 is 2.28 bits per heavy atom. The zero-order chi connectivity index (χ0) is 13.5. The molecule has 0 aliphatic carbocycles. The molecule has 2 N–H and O–H groups in total. The van der Waals surface area contributed by atoms with E-state index in [0.717, 1.165) is 0 Å². The second-order valence-corrected chi connectivity index (χ2v) is 4.42. The topological polar surface area (TPSA) is 58.6 Å². The summed E-state index contributed by atoms with van der Waals surface area (Å²) in [6.45, 7) is 2.29. The molecule has 0 spiro atoms. The van der Waals surface area contributed by atoms with Gasteiger partial charge in [-0.05, 0) is 37.1 Å². The highest BCUT2D eigenvalue weighted by Gasteiger charge is 2.13. The summed E-state index contributed by atoms with van der Waals surface area (Å²) in [5.41, 5.74) is 1.18. The van der Waals surface area contributed by atoms with Gasteiger partial charge in [-0.3, -0.25) is 4.79 Å². The molecule has 0 fully saturated rings. The van der Waals surface area contributed by atoms with Gasteiger partial charge in [0.1, 0.15) is 5.75 Å². The van der Waals surface area contributed by atoms with Crippen LogP contribution in [0.15, 0.2) is 18.2 Å². The fraction of sp³-hybridized carbons (Fsp3) is 0.462. The molecule has 1 atom stereocenters. The Hall–Kier alpha value is -1.26. The molecule has 0 radical (unpaired) electrons. The van der Waals surface area contributed by atoms with Gasteiger partial charge in [-0.15, -0.1) is 11.6 Å². The standard InChI is InChI=1S/C13H18ClNO3/c1-9-7-10(3-4-12(9)16)13(17)15-11(8-14)5-6-18-2/h3-4,7,11,16H,5-6,8H2,1-2H3,(H,15,17). The number of alkyl halides is 1. The normalized spacial score (nSPS) is 12.2. The van der Waals surface area contributed by atoms with E-state index < -0.39 is 0 Å². The van der Waals surface area contributed by atoms with Crippen molar-refractivity contribution < 1.29 is 14.6 Å². The van der Waals surface area contributed by atoms with Crippen LogP contribution >= 0.6 is 11.6 Å². The van der Waals surface area contributed by atoms with Crippen molar-refractivity contribution in [2.24, 2.45) is 0 Å². The maximum atomic E-state index is 11.9. The van der Waals surface area contributed by atoms with E-state index in [1.54, 1.807) is 26.2 Å². The summed E-state index contributed by atoms with van der Waals surface area (Å²) in [6, 6.07) is 4.62. The van der Waals surface area contributed by atoms with Gasteiger partial charge >= 0.3 is 0 Å². The number of carbonyl (C=O) groups excluding carboxylic acids is 1. The van der Waals surface area contributed by atoms with Gasteiger partial charge in [0.05, 0.1) is 0 Å². The second kappa shape index (κ2) is 7.24. The van der Waals surface area contributed by atoms with Crippen LogP contribution in [0.3, 0.4) is 0 Å². The number of amides is 1. The van der Waals surface area contributed by atoms with Gasteiger partial charge in [0.2, 0.25) is 0 Å². The highest BCUT2D eigenvalue weighted by Crippen LogP contribution is 2.17. The number of hydrogen-bond acceptors (Lipinski definition) is 3. The largest absolute Gasteiger partial charge is 0.508 e. The number of carbonyl (C=O) groups is 1. The first-order valence-electron chi connectivity index (χ1n) is 5.74. The Bertz CT molecular complexity index is 409. The van der Waals surface area contributed by atoms with Crippen molar-refractivity contribution >= 4 is 17.5 Å². The lowest BCUT2D eigenvalue weighted by Crippen LogP contribution is -2.37. The van der Waals surface area contributed by atoms with Gasteiger partial charge in [0.15, 0.2) is 0 Å². The lowest BCUT2D eigenvalue weighted by molar-refractivity contribution is 0.0930. The molecular weight excluding hydrogens is 254 g/mol. The van der Waals surface area contributed by atoms with Crippen LogP contribution in [0.1, 0.15) is 22.3 Å². The highest BCUT2D eigenvalue weighted by atomic mass is 35.5. The number of ether oxygens (including phenoxy) is 1. The van der Waals surface area contributed by atoms with E-state index in [9.17, 15) is 9.90 Å². The number of methoxy groups -OCH3 is 1. The van der Waals surface area contributed by atoms with Gasteiger partial charge in [0.25, 0.3) is 5.91 Å². The van der Waals surface area contributed by atoms with Crippen LogP contribution in [0, 0.1) is 6.92 Å². The van der Waals surface area contributed by atoms with E-state index in [0.29, 0.717) is 30.0 Å². The van der Waals surface area contributed by atoms with Crippen molar-refractivity contribution in [1.82, 2.24) is 5.32 Å². The maximum absolute atomic E-state index is 11.9. The SMILES string of the molecule is COCCC(CCl)NC(=O)c1ccc(O)c(C)c1. The molecule has 1 rings (SSSR count). The maximum Gasteiger partial charge on any atom is 0.251 e. The van der Waals surface area contributed by atoms with Crippen LogP contribution in [0.25, 0.3) is 0 Å². The molecule has 5 heteroatoms. The first-order chi connectivity index (χ1) is 8.58. The van der Waals surface area contributed by atoms with E-state index in [2.05, 4.69) is 5.32 Å². The van der Waals surface area contributed by atoms with Crippen LogP contribution in [0.2, 0.25) is 0 Å². The van der Waals surface area contributed by atoms with Gasteiger partial charge in [-0.25, -0.2) is 0 Å². The minimum atomic E-state index is -0.195. The van der Waals surface area contributed by atoms with Crippen LogP contribution in [0.4, 0.5) is 0 Å². The molecule has 0 aromatic heterocycles. The van der Waals surface area contributed by atoms with Crippen molar-refractivity contribution in [2.75, 3.05) is 19.6 Å². The number of benzene rings is 1. The minimum Gasteiger partial charge on any atom is -0.508 e. The molecule has 4 nitrogen and oxygen atoms in total. The summed E-state index contributed by atoms with van der Waals surface area (Å²) in [5.74, 6) is 0.325. The first kappa shape index (κ1) is 14.8. The Morgan fingerprint density at radius 1 is 1.56 bits per heavy atom. The van der Waals surface area contributed by atoms with Crippen LogP contribution in [-0.2, 0) is 4.74 Å². The monoisotopic (exact) mass is 271 g/mol. The van der Waals surface area contributed by atoms with E-state index >= 15 is 0 Å². The molecule has 0 heterocycles. The molecule has 0 bridgehead atoms. The van der Waals surface area contributed by atoms with Crippen LogP contribution < -0.4 is 5.32 Å². The average Bonchev–Trinajstić information content (AvgIpc) is 2.37. The number of nitrogens with one attached hydrogen (secondary N) is 1. The summed E-state index contributed by atoms with van der Waals surface area (Å²) in [4.78, 5) is 11.9. The minimum absolute atomic E-state index is 0.117. The van der Waals surface area contributed by atoms with Crippen molar-refractivity contribution in [3.8, 4) is 5.75 Å². The highest BCUT2D eigenvalue weighted by molar-refractivity contribution is 6.18. The molecule has 1 aromatic rings. The molecule has 0 saturated heterocycles. The van der Waals surface area contributed by atoms with E-state index in [-0.39, 0.29) is 17.7 Å². The zero-order valence-corrected chi connectivity index (χ0v) is 11.3. The summed E-state index contributed by atoms with van der Waals surface area (Å²) >= 11 is 5.78. The Morgan fingerprint density at radius 3 is 2.83 bits per heavy atom. The lowest BCUT2D eigenvalue weighted by atomic mass is 10.1. The van der Waals surface area contributed by atoms with Crippen molar-refractivity contribution in [1.29, 1.82) is 0 Å². The molecule has 1 aromatic carbocycles. The number of phenols is 1. The van der Waals surface area contributed by atoms with Gasteiger partial charge in [-0.1, -0.05) is 0 Å². The number of phenolic OH excluding ortho intramolecular Hbond substituents is 1. The predicted molar refractivity (Wildman–Crippen MR) is 71.3 cm³/mol. The van der Waals surface area contributed by atoms with Crippen LogP contribution in [-0.4, -0.2) is 36.7 Å². The van der Waals surface area contributed by atoms with Gasteiger partial charge in [-0.2, -0.15) is 0 Å². The van der Waals surface area contributed by atoms with Crippen LogP contribution in [0.5, 0.6) is 5.75 Å². The van der Waals surface area contributed by atoms with Crippen molar-refractivity contribution in [3.05, 3.63) is 29.3 Å². The van der Waals surface area contributed by atoms with Gasteiger partial charge in [0, 0.05) is 31.2 Å². The van der Waals surface area contributed by atoms with E-state index in [4.69, 9.17) is 16.3 Å². The summed E-state index contributed by atoms with van der Waals surface area (Å²) in [5, 5.41) is 12.2. The summed E-state index contributed by atoms with van der Waals surface area (Å²) < 4.78 is 4.95. The number of halogens is 1. The second-order valence-electron chi connectivity index (χ2n) is 4.11. The smallest absolute Gasteiger partial charge is 0.251 e. The molecule has 1 unspecified atom stereocenters. The first-order valence-corrected chi connectivity index (χ1v) is 6.27. The number of hydrogen-bond donors (Lipinski definition) is 2. The van der Waals surface area contributed by atoms with Gasteiger partial charge < -0.3 is 15.2 Å². The number of aryl methyl sites for hydroxylation is 1.